The molecule has 0 aliphatic rings. The van der Waals surface area contributed by atoms with Gasteiger partial charge in [0.2, 0.25) is 11.6 Å². The number of thioether (sulfide) groups is 2. The van der Waals surface area contributed by atoms with Gasteiger partial charge in [-0.2, -0.15) is 0 Å². The molecular formula is C37H36N8O2S4. The first kappa shape index (κ1) is 34.9. The smallest absolute Gasteiger partial charge is 0.268 e. The Morgan fingerprint density at radius 3 is 1.53 bits per heavy atom. The molecule has 0 fully saturated rings. The minimum atomic E-state index is -0.0515. The zero-order valence-electron chi connectivity index (χ0n) is 29.1. The van der Waals surface area contributed by atoms with Crippen LogP contribution in [0.15, 0.2) is 92.7 Å². The second-order valence-corrected chi connectivity index (χ2v) is 16.6. The van der Waals surface area contributed by atoms with E-state index >= 15 is 0 Å². The molecule has 8 rings (SSSR count). The summed E-state index contributed by atoms with van der Waals surface area (Å²) in [6, 6.07) is 19.2. The highest BCUT2D eigenvalue weighted by atomic mass is 32.2. The fraction of sp³-hybridized carbons (Fsp3) is 0.243. The van der Waals surface area contributed by atoms with Gasteiger partial charge in [0, 0.05) is 21.3 Å². The van der Waals surface area contributed by atoms with Crippen molar-refractivity contribution in [1.29, 1.82) is 0 Å². The van der Waals surface area contributed by atoms with Gasteiger partial charge in [0.1, 0.15) is 9.66 Å². The molecule has 0 radical (unpaired) electrons. The van der Waals surface area contributed by atoms with Gasteiger partial charge in [0.25, 0.3) is 11.1 Å². The van der Waals surface area contributed by atoms with E-state index in [1.807, 2.05) is 97.2 Å². The third-order valence-corrected chi connectivity index (χ3v) is 13.2. The second kappa shape index (κ2) is 14.3. The van der Waals surface area contributed by atoms with Crippen LogP contribution in [0.2, 0.25) is 0 Å². The Morgan fingerprint density at radius 1 is 0.686 bits per heavy atom. The molecular weight excluding hydrogens is 717 g/mol. The Labute approximate surface area is 310 Å². The highest BCUT2D eigenvalue weighted by Gasteiger charge is 2.23. The summed E-state index contributed by atoms with van der Waals surface area (Å²) in [5.74, 6) is 2.84. The Hall–Kier alpha value is -4.50. The van der Waals surface area contributed by atoms with E-state index in [9.17, 15) is 9.59 Å². The molecule has 8 aromatic rings. The summed E-state index contributed by atoms with van der Waals surface area (Å²) in [6.07, 6.45) is 1.06. The number of aryl methyl sites for hydroxylation is 4. The van der Waals surface area contributed by atoms with Crippen LogP contribution in [0.3, 0.4) is 0 Å². The van der Waals surface area contributed by atoms with Crippen LogP contribution in [0.25, 0.3) is 43.4 Å². The summed E-state index contributed by atoms with van der Waals surface area (Å²) in [4.78, 5) is 30.7. The molecule has 0 saturated heterocycles. The normalized spacial score (nSPS) is 11.6. The summed E-state index contributed by atoms with van der Waals surface area (Å²) in [5.41, 5.74) is 4.64. The molecule has 0 saturated carbocycles. The van der Waals surface area contributed by atoms with Gasteiger partial charge in [-0.15, -0.1) is 43.1 Å². The zero-order chi connectivity index (χ0) is 36.0. The van der Waals surface area contributed by atoms with Crippen LogP contribution in [0.1, 0.15) is 41.1 Å². The molecule has 2 aromatic carbocycles. The van der Waals surface area contributed by atoms with Gasteiger partial charge in [-0.3, -0.25) is 9.59 Å². The summed E-state index contributed by atoms with van der Waals surface area (Å²) in [7, 11) is 0. The average molecular weight is 753 g/mol. The van der Waals surface area contributed by atoms with Gasteiger partial charge in [0.15, 0.2) is 10.3 Å². The number of fused-ring (bicyclic) bond motifs is 6. The monoisotopic (exact) mass is 752 g/mol. The molecule has 0 amide bonds. The molecule has 0 spiro atoms. The van der Waals surface area contributed by atoms with Crippen LogP contribution < -0.4 is 11.1 Å². The summed E-state index contributed by atoms with van der Waals surface area (Å²) < 4.78 is 7.36. The lowest BCUT2D eigenvalue weighted by molar-refractivity contribution is 0.932. The molecule has 0 N–H and O–H groups in total. The van der Waals surface area contributed by atoms with E-state index in [1.54, 1.807) is 55.3 Å². The van der Waals surface area contributed by atoms with Crippen molar-refractivity contribution < 1.29 is 0 Å². The van der Waals surface area contributed by atoms with Crippen molar-refractivity contribution >= 4 is 78.2 Å². The molecule has 0 aliphatic heterocycles. The van der Waals surface area contributed by atoms with Gasteiger partial charge in [0.05, 0.1) is 22.1 Å². The molecule has 10 nitrogen and oxygen atoms in total. The topological polar surface area (TPSA) is 104 Å². The van der Waals surface area contributed by atoms with Crippen molar-refractivity contribution in [1.82, 2.24) is 38.3 Å². The number of para-hydroxylation sites is 2. The molecule has 6 heterocycles. The first-order chi connectivity index (χ1) is 24.6. The average Bonchev–Trinajstić information content (AvgIpc) is 3.88. The Kier molecular flexibility index (Phi) is 9.76. The van der Waals surface area contributed by atoms with Crippen LogP contribution in [0.5, 0.6) is 0 Å². The number of benzene rings is 2. The number of hydrogen-bond donors (Lipinski definition) is 0. The lowest BCUT2D eigenvalue weighted by Crippen LogP contribution is -2.21. The van der Waals surface area contributed by atoms with Gasteiger partial charge in [-0.25, -0.2) is 17.9 Å². The number of thiophene rings is 2. The van der Waals surface area contributed by atoms with Crippen molar-refractivity contribution in [2.24, 2.45) is 0 Å². The molecule has 0 bridgehead atoms. The molecule has 0 unspecified atom stereocenters. The highest BCUT2D eigenvalue weighted by Crippen LogP contribution is 2.33. The quantitative estimate of drug-likeness (QED) is 0.112. The summed E-state index contributed by atoms with van der Waals surface area (Å²) >= 11 is 6.51. The lowest BCUT2D eigenvalue weighted by Gasteiger charge is -2.09. The molecule has 260 valence electrons. The third-order valence-electron chi connectivity index (χ3n) is 8.52. The largest absolute Gasteiger partial charge is 0.268 e. The number of hydrogen-bond acceptors (Lipinski definition) is 10. The summed E-state index contributed by atoms with van der Waals surface area (Å²) in [5, 5.41) is 20.6. The van der Waals surface area contributed by atoms with Crippen molar-refractivity contribution in [3.8, 4) is 11.4 Å². The second-order valence-electron chi connectivity index (χ2n) is 12.2. The Balaban J connectivity index is 0.000000159. The van der Waals surface area contributed by atoms with E-state index in [1.165, 1.54) is 0 Å². The van der Waals surface area contributed by atoms with Gasteiger partial charge < -0.3 is 0 Å². The zero-order valence-corrected chi connectivity index (χ0v) is 32.4. The molecule has 0 aliphatic carbocycles. The Bertz CT molecular complexity index is 2700. The van der Waals surface area contributed by atoms with Crippen LogP contribution >= 0.6 is 46.2 Å². The maximum atomic E-state index is 13.3. The summed E-state index contributed by atoms with van der Waals surface area (Å²) in [6.45, 7) is 16.2. The minimum absolute atomic E-state index is 0.0324. The van der Waals surface area contributed by atoms with E-state index in [2.05, 4.69) is 40.8 Å². The van der Waals surface area contributed by atoms with Crippen molar-refractivity contribution in [2.45, 2.75) is 58.3 Å². The van der Waals surface area contributed by atoms with Crippen molar-refractivity contribution in [3.05, 3.63) is 114 Å². The SMILES string of the molecule is C=C(C)CSc1nnc2n(-c3ccccc3)c(=O)c3c(C)c(C)sc3n12.CCCSc1nnc2n(-c3ccccc3)c(=O)c3c(C)c(C)sc3n12. The van der Waals surface area contributed by atoms with Crippen LogP contribution in [-0.4, -0.2) is 49.8 Å². The van der Waals surface area contributed by atoms with E-state index in [0.717, 1.165) is 86.5 Å². The van der Waals surface area contributed by atoms with Gasteiger partial charge in [-0.1, -0.05) is 79.0 Å². The van der Waals surface area contributed by atoms with Crippen LogP contribution in [0, 0.1) is 27.7 Å². The third kappa shape index (κ3) is 6.13. The first-order valence-corrected chi connectivity index (χ1v) is 20.0. The predicted molar refractivity (Wildman–Crippen MR) is 213 cm³/mol. The van der Waals surface area contributed by atoms with Gasteiger partial charge >= 0.3 is 0 Å². The fourth-order valence-electron chi connectivity index (χ4n) is 5.80. The van der Waals surface area contributed by atoms with Gasteiger partial charge in [-0.05, 0) is 76.4 Å². The van der Waals surface area contributed by atoms with E-state index in [0.29, 0.717) is 11.6 Å². The Morgan fingerprint density at radius 2 is 1.12 bits per heavy atom. The van der Waals surface area contributed by atoms with Crippen molar-refractivity contribution in [2.75, 3.05) is 11.5 Å². The lowest BCUT2D eigenvalue weighted by atomic mass is 10.2. The van der Waals surface area contributed by atoms with E-state index in [4.69, 9.17) is 0 Å². The number of nitrogens with zero attached hydrogens (tertiary/aromatic N) is 8. The van der Waals surface area contributed by atoms with Crippen LogP contribution in [-0.2, 0) is 0 Å². The minimum Gasteiger partial charge on any atom is -0.268 e. The van der Waals surface area contributed by atoms with Crippen LogP contribution in [0.4, 0.5) is 0 Å². The fourth-order valence-corrected chi connectivity index (χ4v) is 9.77. The molecule has 0 atom stereocenters. The molecule has 51 heavy (non-hydrogen) atoms. The first-order valence-electron chi connectivity index (χ1n) is 16.4. The standard InChI is InChI=1S/C19H18N4OS2.C18H18N4OS2/c1-11(2)10-25-19-21-20-18-22(14-8-6-5-7-9-14)16(24)15-12(3)13(4)26-17(15)23(18)19;1-4-10-24-18-20-19-17-21(13-8-6-5-7-9-13)15(23)14-11(2)12(3)25-16(14)22(17)18/h5-9H,1,10H2,2-4H3;5-9H,4,10H2,1-3H3. The molecule has 6 aromatic heterocycles. The number of rotatable bonds is 8. The predicted octanol–water partition coefficient (Wildman–Crippen LogP) is 8.59. The van der Waals surface area contributed by atoms with E-state index in [-0.39, 0.29) is 11.1 Å². The van der Waals surface area contributed by atoms with E-state index < -0.39 is 0 Å². The maximum Gasteiger partial charge on any atom is 0.268 e. The number of aromatic nitrogens is 8. The highest BCUT2D eigenvalue weighted by molar-refractivity contribution is 7.99. The maximum absolute atomic E-state index is 13.3. The van der Waals surface area contributed by atoms with Crippen molar-refractivity contribution in [3.63, 3.8) is 0 Å². The molecule has 14 heteroatoms.